The second-order valence-corrected chi connectivity index (χ2v) is 11.9. The third kappa shape index (κ3) is 5.23. The summed E-state index contributed by atoms with van der Waals surface area (Å²) in [6.07, 6.45) is 1.27. The number of carboxylic acids is 1. The number of hydrogen-bond acceptors (Lipinski definition) is 6. The standard InChI is InChI=1S/C35H34N2O6/c1-20-17-26-24(10-12-28(38)37(26)19-21-7-6-8-23(18-21)41-5)31(29(20)33(34(39)40)43-35(2,3)4)25-9-11-27-30-22(14-16-42-27)13-15-36-32(25)30/h6-13,15,17-18,33H,14,16,19H2,1-5H3,(H,39,40). The van der Waals surface area contributed by atoms with Crippen LogP contribution >= 0.6 is 0 Å². The average molecular weight is 579 g/mol. The van der Waals surface area contributed by atoms with Gasteiger partial charge in [0.25, 0.3) is 5.56 Å². The number of hydrogen-bond donors (Lipinski definition) is 1. The summed E-state index contributed by atoms with van der Waals surface area (Å²) in [6, 6.07) is 18.7. The minimum atomic E-state index is -1.26. The van der Waals surface area contributed by atoms with Crippen LogP contribution < -0.4 is 15.0 Å². The van der Waals surface area contributed by atoms with Gasteiger partial charge in [-0.3, -0.25) is 9.78 Å². The van der Waals surface area contributed by atoms with Crippen molar-refractivity contribution in [3.05, 3.63) is 99.5 Å². The molecule has 8 nitrogen and oxygen atoms in total. The molecule has 8 heteroatoms. The lowest BCUT2D eigenvalue weighted by Crippen LogP contribution is -2.28. The summed E-state index contributed by atoms with van der Waals surface area (Å²) in [5.74, 6) is 0.357. The molecule has 0 saturated carbocycles. The largest absolute Gasteiger partial charge is 0.497 e. The highest BCUT2D eigenvalue weighted by Crippen LogP contribution is 2.45. The van der Waals surface area contributed by atoms with Crippen LogP contribution in [0.5, 0.6) is 11.5 Å². The van der Waals surface area contributed by atoms with E-state index in [-0.39, 0.29) is 5.56 Å². The molecule has 0 amide bonds. The number of fused-ring (bicyclic) bond motifs is 1. The maximum Gasteiger partial charge on any atom is 0.337 e. The molecule has 2 aromatic heterocycles. The van der Waals surface area contributed by atoms with E-state index in [1.54, 1.807) is 23.9 Å². The van der Waals surface area contributed by atoms with E-state index in [4.69, 9.17) is 19.2 Å². The van der Waals surface area contributed by atoms with E-state index >= 15 is 0 Å². The molecule has 6 rings (SSSR count). The zero-order valence-electron chi connectivity index (χ0n) is 24.9. The van der Waals surface area contributed by atoms with Gasteiger partial charge in [0.1, 0.15) is 11.5 Å². The number of ether oxygens (including phenoxy) is 3. The van der Waals surface area contributed by atoms with E-state index in [0.29, 0.717) is 46.6 Å². The lowest BCUT2D eigenvalue weighted by Gasteiger charge is -2.29. The number of carbonyl (C=O) groups is 1. The summed E-state index contributed by atoms with van der Waals surface area (Å²) in [4.78, 5) is 31.1. The Kier molecular flexibility index (Phi) is 7.18. The van der Waals surface area contributed by atoms with E-state index in [1.807, 2.05) is 76.2 Å². The molecule has 0 bridgehead atoms. The van der Waals surface area contributed by atoms with Gasteiger partial charge in [0.15, 0.2) is 6.10 Å². The first-order chi connectivity index (χ1) is 20.6. The molecule has 1 aliphatic heterocycles. The second-order valence-electron chi connectivity index (χ2n) is 11.9. The number of carboxylic acid groups (broad SMARTS) is 1. The van der Waals surface area contributed by atoms with Crippen LogP contribution in [0.1, 0.15) is 49.1 Å². The molecule has 3 heterocycles. The van der Waals surface area contributed by atoms with Gasteiger partial charge in [-0.15, -0.1) is 0 Å². The Morgan fingerprint density at radius 1 is 1.12 bits per heavy atom. The van der Waals surface area contributed by atoms with Crippen LogP contribution in [0, 0.1) is 6.92 Å². The number of methoxy groups -OCH3 is 1. The summed E-state index contributed by atoms with van der Waals surface area (Å²) >= 11 is 0. The molecule has 1 unspecified atom stereocenters. The molecule has 0 aliphatic carbocycles. The molecule has 5 aromatic rings. The van der Waals surface area contributed by atoms with E-state index in [1.165, 1.54) is 6.07 Å². The molecule has 1 aliphatic rings. The number of benzene rings is 3. The van der Waals surface area contributed by atoms with Crippen LogP contribution in [0.4, 0.5) is 0 Å². The number of nitrogens with zero attached hydrogens (tertiary/aromatic N) is 2. The molecule has 0 fully saturated rings. The summed E-state index contributed by atoms with van der Waals surface area (Å²) in [7, 11) is 1.61. The Morgan fingerprint density at radius 2 is 1.93 bits per heavy atom. The van der Waals surface area contributed by atoms with E-state index in [0.717, 1.165) is 39.6 Å². The summed E-state index contributed by atoms with van der Waals surface area (Å²) in [5.41, 5.74) is 5.17. The highest BCUT2D eigenvalue weighted by molar-refractivity contribution is 6.08. The van der Waals surface area contributed by atoms with Crippen molar-refractivity contribution in [1.29, 1.82) is 0 Å². The van der Waals surface area contributed by atoms with Crippen molar-refractivity contribution in [3.8, 4) is 22.6 Å². The Bertz CT molecular complexity index is 1940. The van der Waals surface area contributed by atoms with Gasteiger partial charge in [0, 0.05) is 40.6 Å². The molecule has 1 N–H and O–H groups in total. The summed E-state index contributed by atoms with van der Waals surface area (Å²) < 4.78 is 19.3. The lowest BCUT2D eigenvalue weighted by molar-refractivity contribution is -0.160. The van der Waals surface area contributed by atoms with Crippen molar-refractivity contribution >= 4 is 27.8 Å². The van der Waals surface area contributed by atoms with Crippen LogP contribution in [0.3, 0.4) is 0 Å². The van der Waals surface area contributed by atoms with Gasteiger partial charge in [0.05, 0.1) is 36.9 Å². The monoisotopic (exact) mass is 578 g/mol. The van der Waals surface area contributed by atoms with Crippen LogP contribution in [0.15, 0.2) is 71.7 Å². The Morgan fingerprint density at radius 3 is 2.67 bits per heavy atom. The molecule has 0 saturated heterocycles. The Hall–Kier alpha value is -4.69. The van der Waals surface area contributed by atoms with Crippen molar-refractivity contribution in [3.63, 3.8) is 0 Å². The fraction of sp³-hybridized carbons (Fsp3) is 0.286. The minimum absolute atomic E-state index is 0.169. The number of aryl methyl sites for hydroxylation is 1. The molecule has 220 valence electrons. The quantitative estimate of drug-likeness (QED) is 0.237. The predicted octanol–water partition coefficient (Wildman–Crippen LogP) is 6.46. The van der Waals surface area contributed by atoms with Crippen molar-refractivity contribution in [1.82, 2.24) is 9.55 Å². The number of aromatic nitrogens is 2. The van der Waals surface area contributed by atoms with Gasteiger partial charge in [-0.05, 0) is 92.4 Å². The van der Waals surface area contributed by atoms with Gasteiger partial charge in [-0.25, -0.2) is 4.79 Å². The SMILES string of the molecule is COc1cccc(Cn2c(=O)ccc3c(-c4ccc5c6c(ccnc46)CCO5)c(C(OC(C)(C)C)C(=O)O)c(C)cc32)c1. The Labute approximate surface area is 249 Å². The van der Waals surface area contributed by atoms with Crippen LogP contribution in [0.25, 0.3) is 32.9 Å². The number of pyridine rings is 2. The summed E-state index contributed by atoms with van der Waals surface area (Å²) in [5, 5.41) is 12.2. The molecule has 0 spiro atoms. The predicted molar refractivity (Wildman–Crippen MR) is 166 cm³/mol. The van der Waals surface area contributed by atoms with Gasteiger partial charge in [-0.2, -0.15) is 0 Å². The molecule has 43 heavy (non-hydrogen) atoms. The van der Waals surface area contributed by atoms with Crippen LogP contribution in [0.2, 0.25) is 0 Å². The highest BCUT2D eigenvalue weighted by Gasteiger charge is 2.33. The number of rotatable bonds is 7. The van der Waals surface area contributed by atoms with Crippen molar-refractivity contribution < 1.29 is 24.1 Å². The van der Waals surface area contributed by atoms with Crippen LogP contribution in [-0.2, 0) is 22.5 Å². The zero-order valence-corrected chi connectivity index (χ0v) is 24.9. The van der Waals surface area contributed by atoms with E-state index in [2.05, 4.69) is 0 Å². The Balaban J connectivity index is 1.71. The molecule has 0 radical (unpaired) electrons. The molecular weight excluding hydrogens is 544 g/mol. The van der Waals surface area contributed by atoms with Crippen molar-refractivity contribution in [2.24, 2.45) is 0 Å². The first-order valence-electron chi connectivity index (χ1n) is 14.3. The molecule has 1 atom stereocenters. The topological polar surface area (TPSA) is 99.9 Å². The molecular formula is C35H34N2O6. The number of aliphatic carboxylic acids is 1. The second kappa shape index (κ2) is 10.9. The fourth-order valence-electron chi connectivity index (χ4n) is 6.02. The highest BCUT2D eigenvalue weighted by atomic mass is 16.5. The van der Waals surface area contributed by atoms with Crippen LogP contribution in [-0.4, -0.2) is 39.9 Å². The lowest BCUT2D eigenvalue weighted by atomic mass is 9.86. The van der Waals surface area contributed by atoms with E-state index < -0.39 is 17.7 Å². The smallest absolute Gasteiger partial charge is 0.337 e. The van der Waals surface area contributed by atoms with Crippen molar-refractivity contribution in [2.75, 3.05) is 13.7 Å². The first kappa shape index (κ1) is 28.4. The first-order valence-corrected chi connectivity index (χ1v) is 14.3. The third-order valence-electron chi connectivity index (χ3n) is 7.81. The summed E-state index contributed by atoms with van der Waals surface area (Å²) in [6.45, 7) is 8.28. The van der Waals surface area contributed by atoms with E-state index in [9.17, 15) is 14.7 Å². The van der Waals surface area contributed by atoms with Gasteiger partial charge < -0.3 is 23.9 Å². The normalized spacial score (nSPS) is 13.6. The van der Waals surface area contributed by atoms with Gasteiger partial charge >= 0.3 is 5.97 Å². The maximum atomic E-state index is 13.4. The molecule has 3 aromatic carbocycles. The maximum absolute atomic E-state index is 13.4. The van der Waals surface area contributed by atoms with Gasteiger partial charge in [-0.1, -0.05) is 12.1 Å². The minimum Gasteiger partial charge on any atom is -0.497 e. The third-order valence-corrected chi connectivity index (χ3v) is 7.81. The fourth-order valence-corrected chi connectivity index (χ4v) is 6.02. The zero-order chi connectivity index (χ0) is 30.5. The average Bonchev–Trinajstić information content (AvgIpc) is 2.97. The van der Waals surface area contributed by atoms with Crippen molar-refractivity contribution in [2.45, 2.75) is 52.4 Å². The van der Waals surface area contributed by atoms with Gasteiger partial charge in [0.2, 0.25) is 0 Å².